The van der Waals surface area contributed by atoms with Gasteiger partial charge in [0.25, 0.3) is 5.69 Å². The molecule has 31 heavy (non-hydrogen) atoms. The number of rotatable bonds is 14. The summed E-state index contributed by atoms with van der Waals surface area (Å²) in [5.74, 6) is 0. The summed E-state index contributed by atoms with van der Waals surface area (Å²) in [6.07, 6.45) is 8.37. The van der Waals surface area contributed by atoms with Gasteiger partial charge >= 0.3 is 0 Å². The third-order valence-electron chi connectivity index (χ3n) is 4.77. The van der Waals surface area contributed by atoms with E-state index in [0.717, 1.165) is 48.9 Å². The fourth-order valence-corrected chi connectivity index (χ4v) is 2.93. The highest BCUT2D eigenvalue weighted by Crippen LogP contribution is 2.18. The Morgan fingerprint density at radius 1 is 0.968 bits per heavy atom. The number of unbranched alkanes of at least 4 members (excludes halogenated alkanes) is 3. The molecule has 166 valence electrons. The summed E-state index contributed by atoms with van der Waals surface area (Å²) in [5.41, 5.74) is 4.26. The third kappa shape index (κ3) is 9.59. The summed E-state index contributed by atoms with van der Waals surface area (Å²) in [6.45, 7) is 7.75. The third-order valence-corrected chi connectivity index (χ3v) is 4.77. The van der Waals surface area contributed by atoms with E-state index in [-0.39, 0.29) is 5.69 Å². The Labute approximate surface area is 184 Å². The van der Waals surface area contributed by atoms with E-state index in [0.29, 0.717) is 13.2 Å². The zero-order valence-electron chi connectivity index (χ0n) is 18.5. The first-order valence-corrected chi connectivity index (χ1v) is 10.6. The van der Waals surface area contributed by atoms with Crippen molar-refractivity contribution < 1.29 is 14.7 Å². The SMILES string of the molecule is C=C(C)COOCCCCCCN(C)c1ccc(/C=C/c2ccc([N+](=O)[O-])cc2)cc1. The van der Waals surface area contributed by atoms with E-state index in [2.05, 4.69) is 42.8 Å². The Morgan fingerprint density at radius 2 is 1.55 bits per heavy atom. The number of hydrogen-bond acceptors (Lipinski definition) is 5. The molecule has 0 aliphatic rings. The molecule has 0 aliphatic carbocycles. The van der Waals surface area contributed by atoms with Crippen molar-refractivity contribution >= 4 is 23.5 Å². The van der Waals surface area contributed by atoms with Gasteiger partial charge in [-0.2, -0.15) is 0 Å². The number of nitro groups is 1. The van der Waals surface area contributed by atoms with Gasteiger partial charge in [0.15, 0.2) is 0 Å². The van der Waals surface area contributed by atoms with Crippen LogP contribution in [-0.4, -0.2) is 31.7 Å². The molecule has 2 aromatic rings. The average molecular weight is 425 g/mol. The molecule has 0 N–H and O–H groups in total. The minimum absolute atomic E-state index is 0.102. The summed E-state index contributed by atoms with van der Waals surface area (Å²) < 4.78 is 0. The van der Waals surface area contributed by atoms with E-state index >= 15 is 0 Å². The first kappa shape index (κ1) is 24.3. The minimum Gasteiger partial charge on any atom is -0.375 e. The maximum atomic E-state index is 10.7. The van der Waals surface area contributed by atoms with Crippen LogP contribution in [0.4, 0.5) is 11.4 Å². The molecule has 0 saturated carbocycles. The van der Waals surface area contributed by atoms with Crippen LogP contribution in [0.1, 0.15) is 43.7 Å². The van der Waals surface area contributed by atoms with E-state index in [9.17, 15) is 10.1 Å². The van der Waals surface area contributed by atoms with Gasteiger partial charge in [0.1, 0.15) is 6.61 Å². The van der Waals surface area contributed by atoms with Crippen LogP contribution in [0.5, 0.6) is 0 Å². The lowest BCUT2D eigenvalue weighted by Gasteiger charge is -2.19. The van der Waals surface area contributed by atoms with Crippen LogP contribution in [0.25, 0.3) is 12.2 Å². The molecule has 2 aromatic carbocycles. The van der Waals surface area contributed by atoms with Crippen LogP contribution in [0.2, 0.25) is 0 Å². The number of anilines is 1. The van der Waals surface area contributed by atoms with Crippen molar-refractivity contribution in [2.45, 2.75) is 32.6 Å². The first-order chi connectivity index (χ1) is 15.0. The zero-order chi connectivity index (χ0) is 22.5. The molecule has 0 bridgehead atoms. The summed E-state index contributed by atoms with van der Waals surface area (Å²) in [6, 6.07) is 14.9. The monoisotopic (exact) mass is 424 g/mol. The van der Waals surface area contributed by atoms with Crippen molar-refractivity contribution in [1.82, 2.24) is 0 Å². The lowest BCUT2D eigenvalue weighted by Crippen LogP contribution is -2.18. The maximum absolute atomic E-state index is 10.7. The molecule has 0 spiro atoms. The maximum Gasteiger partial charge on any atom is 0.269 e. The van der Waals surface area contributed by atoms with Crippen LogP contribution >= 0.6 is 0 Å². The van der Waals surface area contributed by atoms with Crippen molar-refractivity contribution in [3.05, 3.63) is 81.9 Å². The highest BCUT2D eigenvalue weighted by molar-refractivity contribution is 5.70. The Hall–Kier alpha value is -2.96. The predicted octanol–water partition coefficient (Wildman–Crippen LogP) is 6.29. The summed E-state index contributed by atoms with van der Waals surface area (Å²) >= 11 is 0. The zero-order valence-corrected chi connectivity index (χ0v) is 18.5. The summed E-state index contributed by atoms with van der Waals surface area (Å²) in [7, 11) is 2.11. The Bertz CT molecular complexity index is 845. The first-order valence-electron chi connectivity index (χ1n) is 10.6. The lowest BCUT2D eigenvalue weighted by atomic mass is 10.1. The van der Waals surface area contributed by atoms with Crippen LogP contribution in [0.3, 0.4) is 0 Å². The molecule has 0 amide bonds. The van der Waals surface area contributed by atoms with E-state index in [1.54, 1.807) is 12.1 Å². The lowest BCUT2D eigenvalue weighted by molar-refractivity contribution is -0.384. The number of non-ortho nitro benzene ring substituents is 1. The van der Waals surface area contributed by atoms with Gasteiger partial charge in [0.2, 0.25) is 0 Å². The smallest absolute Gasteiger partial charge is 0.269 e. The highest BCUT2D eigenvalue weighted by Gasteiger charge is 2.03. The van der Waals surface area contributed by atoms with Crippen molar-refractivity contribution in [3.8, 4) is 0 Å². The number of nitro benzene ring substituents is 1. The quantitative estimate of drug-likeness (QED) is 0.0891. The largest absolute Gasteiger partial charge is 0.375 e. The molecule has 6 heteroatoms. The normalized spacial score (nSPS) is 11.0. The molecule has 0 aromatic heterocycles. The van der Waals surface area contributed by atoms with Gasteiger partial charge in [-0.3, -0.25) is 10.1 Å². The van der Waals surface area contributed by atoms with Gasteiger partial charge in [0, 0.05) is 31.4 Å². The molecule has 0 heterocycles. The molecular weight excluding hydrogens is 392 g/mol. The fourth-order valence-electron chi connectivity index (χ4n) is 2.93. The Balaban J connectivity index is 1.67. The van der Waals surface area contributed by atoms with Crippen LogP contribution in [0.15, 0.2) is 60.7 Å². The molecule has 2 rings (SSSR count). The molecule has 0 unspecified atom stereocenters. The van der Waals surface area contributed by atoms with Crippen LogP contribution in [0, 0.1) is 10.1 Å². The number of nitrogens with zero attached hydrogens (tertiary/aromatic N) is 2. The van der Waals surface area contributed by atoms with Crippen molar-refractivity contribution in [2.24, 2.45) is 0 Å². The topological polar surface area (TPSA) is 64.8 Å². The standard InChI is InChI=1S/C25H32N2O4/c1-21(2)20-31-30-19-7-5-4-6-18-26(3)24-14-10-22(11-15-24)8-9-23-12-16-25(17-13-23)27(28)29/h8-17H,1,4-7,18-20H2,2-3H3/b9-8+. The van der Waals surface area contributed by atoms with Gasteiger partial charge in [-0.05, 0) is 55.2 Å². The van der Waals surface area contributed by atoms with E-state index in [4.69, 9.17) is 9.78 Å². The molecule has 0 atom stereocenters. The minimum atomic E-state index is -0.390. The van der Waals surface area contributed by atoms with Gasteiger partial charge in [0.05, 0.1) is 11.5 Å². The van der Waals surface area contributed by atoms with Gasteiger partial charge in [-0.1, -0.05) is 49.3 Å². The molecule has 0 saturated heterocycles. The Morgan fingerprint density at radius 3 is 2.13 bits per heavy atom. The second kappa shape index (κ2) is 13.4. The second-order valence-electron chi connectivity index (χ2n) is 7.65. The summed E-state index contributed by atoms with van der Waals surface area (Å²) in [4.78, 5) is 22.7. The van der Waals surface area contributed by atoms with E-state index in [1.807, 2.05) is 19.1 Å². The Kier molecular flexibility index (Phi) is 10.5. The number of benzene rings is 2. The predicted molar refractivity (Wildman–Crippen MR) is 127 cm³/mol. The van der Waals surface area contributed by atoms with Crippen LogP contribution < -0.4 is 4.90 Å². The molecule has 6 nitrogen and oxygen atoms in total. The molecule has 0 fully saturated rings. The van der Waals surface area contributed by atoms with Gasteiger partial charge in [-0.15, -0.1) is 0 Å². The van der Waals surface area contributed by atoms with Crippen molar-refractivity contribution in [3.63, 3.8) is 0 Å². The van der Waals surface area contributed by atoms with Crippen LogP contribution in [-0.2, 0) is 9.78 Å². The number of hydrogen-bond donors (Lipinski definition) is 0. The second-order valence-corrected chi connectivity index (χ2v) is 7.65. The molecule has 0 aliphatic heterocycles. The van der Waals surface area contributed by atoms with Gasteiger partial charge < -0.3 is 4.90 Å². The average Bonchev–Trinajstić information content (AvgIpc) is 2.76. The van der Waals surface area contributed by atoms with E-state index < -0.39 is 4.92 Å². The van der Waals surface area contributed by atoms with E-state index in [1.165, 1.54) is 17.8 Å². The molecular formula is C25H32N2O4. The highest BCUT2D eigenvalue weighted by atomic mass is 17.2. The fraction of sp³-hybridized carbons (Fsp3) is 0.360. The van der Waals surface area contributed by atoms with Crippen molar-refractivity contribution in [1.29, 1.82) is 0 Å². The van der Waals surface area contributed by atoms with Crippen molar-refractivity contribution in [2.75, 3.05) is 31.7 Å². The molecule has 0 radical (unpaired) electrons. The van der Waals surface area contributed by atoms with Gasteiger partial charge in [-0.25, -0.2) is 9.78 Å². The summed E-state index contributed by atoms with van der Waals surface area (Å²) in [5, 5.41) is 10.7.